The number of hydrogen-bond acceptors (Lipinski definition) is 5. The third-order valence-corrected chi connectivity index (χ3v) is 3.98. The van der Waals surface area contributed by atoms with Crippen molar-refractivity contribution in [2.24, 2.45) is 0 Å². The summed E-state index contributed by atoms with van der Waals surface area (Å²) in [7, 11) is 0. The van der Waals surface area contributed by atoms with Gasteiger partial charge in [0.2, 0.25) is 0 Å². The molecule has 0 radical (unpaired) electrons. The number of benzene rings is 1. The number of halogens is 1. The Morgan fingerprint density at radius 1 is 1.47 bits per heavy atom. The molecule has 0 aliphatic carbocycles. The largest absolute Gasteiger partial charge is 0.398 e. The molecule has 0 amide bonds. The highest BCUT2D eigenvalue weighted by molar-refractivity contribution is 8.00. The molecule has 1 aromatic heterocycles. The van der Waals surface area contributed by atoms with Gasteiger partial charge in [-0.05, 0) is 29.2 Å². The number of nitrogens with zero attached hydrogens (tertiary/aromatic N) is 2. The maximum Gasteiger partial charge on any atom is 0.170 e. The lowest BCUT2D eigenvalue weighted by molar-refractivity contribution is 1.21. The summed E-state index contributed by atoms with van der Waals surface area (Å²) < 4.78 is 4.89. The SMILES string of the molecule is Nc1cc(CSc2ncns2)ccc1Cl. The van der Waals surface area contributed by atoms with Gasteiger partial charge in [-0.25, -0.2) is 4.98 Å². The smallest absolute Gasteiger partial charge is 0.170 e. The Morgan fingerprint density at radius 2 is 2.33 bits per heavy atom. The molecule has 0 bridgehead atoms. The molecule has 0 atom stereocenters. The minimum atomic E-state index is 0.597. The van der Waals surface area contributed by atoms with Gasteiger partial charge < -0.3 is 5.73 Å². The van der Waals surface area contributed by atoms with Gasteiger partial charge in [0.05, 0.1) is 10.7 Å². The van der Waals surface area contributed by atoms with E-state index >= 15 is 0 Å². The Bertz CT molecular complexity index is 445. The van der Waals surface area contributed by atoms with Crippen LogP contribution in [0.2, 0.25) is 5.02 Å². The van der Waals surface area contributed by atoms with Crippen LogP contribution in [0.5, 0.6) is 0 Å². The molecule has 0 aliphatic rings. The van der Waals surface area contributed by atoms with Gasteiger partial charge in [-0.2, -0.15) is 4.37 Å². The first kappa shape index (κ1) is 10.7. The first-order valence-corrected chi connectivity index (χ1v) is 6.33. The van der Waals surface area contributed by atoms with Crippen LogP contribution in [0.15, 0.2) is 28.9 Å². The third kappa shape index (κ3) is 2.84. The Hall–Kier alpha value is -0.780. The van der Waals surface area contributed by atoms with Crippen molar-refractivity contribution in [3.63, 3.8) is 0 Å². The molecule has 0 unspecified atom stereocenters. The van der Waals surface area contributed by atoms with Gasteiger partial charge in [0.25, 0.3) is 0 Å². The number of rotatable bonds is 3. The van der Waals surface area contributed by atoms with E-state index in [4.69, 9.17) is 17.3 Å². The van der Waals surface area contributed by atoms with Crippen LogP contribution in [0.4, 0.5) is 5.69 Å². The molecule has 78 valence electrons. The molecular formula is C9H8ClN3S2. The predicted octanol–water partition coefficient (Wildman–Crippen LogP) is 3.07. The number of nitrogen functional groups attached to an aromatic ring is 1. The van der Waals surface area contributed by atoms with E-state index in [1.54, 1.807) is 18.1 Å². The van der Waals surface area contributed by atoms with E-state index in [-0.39, 0.29) is 0 Å². The standard InChI is InChI=1S/C9H8ClN3S2/c10-7-2-1-6(3-8(7)11)4-14-9-12-5-13-15-9/h1-3,5H,4,11H2. The van der Waals surface area contributed by atoms with Crippen molar-refractivity contribution < 1.29 is 0 Å². The molecule has 0 saturated heterocycles. The Labute approximate surface area is 101 Å². The molecule has 1 heterocycles. The number of anilines is 1. The van der Waals surface area contributed by atoms with Crippen LogP contribution in [-0.2, 0) is 5.75 Å². The van der Waals surface area contributed by atoms with Crippen LogP contribution in [0.1, 0.15) is 5.56 Å². The summed E-state index contributed by atoms with van der Waals surface area (Å²) in [5, 5.41) is 0.597. The molecule has 0 spiro atoms. The molecule has 2 aromatic rings. The number of hydrogen-bond donors (Lipinski definition) is 1. The average molecular weight is 258 g/mol. The lowest BCUT2D eigenvalue weighted by atomic mass is 10.2. The van der Waals surface area contributed by atoms with Gasteiger partial charge in [0.15, 0.2) is 4.34 Å². The van der Waals surface area contributed by atoms with Gasteiger partial charge in [-0.15, -0.1) is 0 Å². The summed E-state index contributed by atoms with van der Waals surface area (Å²) in [5.74, 6) is 0.830. The minimum absolute atomic E-state index is 0.597. The molecule has 0 aliphatic heterocycles. The Kier molecular flexibility index (Phi) is 3.45. The highest BCUT2D eigenvalue weighted by Gasteiger charge is 2.01. The number of aromatic nitrogens is 2. The summed E-state index contributed by atoms with van der Waals surface area (Å²) in [6.07, 6.45) is 1.56. The molecule has 0 fully saturated rings. The average Bonchev–Trinajstić information content (AvgIpc) is 2.73. The monoisotopic (exact) mass is 257 g/mol. The van der Waals surface area contributed by atoms with Crippen molar-refractivity contribution >= 4 is 40.6 Å². The van der Waals surface area contributed by atoms with Crippen molar-refractivity contribution in [1.82, 2.24) is 9.36 Å². The van der Waals surface area contributed by atoms with Crippen molar-refractivity contribution in [3.8, 4) is 0 Å². The molecule has 15 heavy (non-hydrogen) atoms. The molecule has 3 nitrogen and oxygen atoms in total. The molecular weight excluding hydrogens is 250 g/mol. The lowest BCUT2D eigenvalue weighted by Crippen LogP contribution is -1.88. The second-order valence-corrected chi connectivity index (χ2v) is 5.26. The van der Waals surface area contributed by atoms with Crippen LogP contribution in [-0.4, -0.2) is 9.36 Å². The fourth-order valence-electron chi connectivity index (χ4n) is 1.05. The van der Waals surface area contributed by atoms with Gasteiger partial charge in [0, 0.05) is 5.75 Å². The van der Waals surface area contributed by atoms with Gasteiger partial charge in [0.1, 0.15) is 6.33 Å². The second-order valence-electron chi connectivity index (χ2n) is 2.85. The maximum absolute atomic E-state index is 5.83. The van der Waals surface area contributed by atoms with Crippen molar-refractivity contribution in [1.29, 1.82) is 0 Å². The lowest BCUT2D eigenvalue weighted by Gasteiger charge is -2.02. The molecule has 1 aromatic carbocycles. The molecule has 6 heteroatoms. The third-order valence-electron chi connectivity index (χ3n) is 1.76. The summed E-state index contributed by atoms with van der Waals surface area (Å²) in [4.78, 5) is 4.08. The molecule has 0 saturated carbocycles. The quantitative estimate of drug-likeness (QED) is 0.678. The fraction of sp³-hybridized carbons (Fsp3) is 0.111. The zero-order valence-electron chi connectivity index (χ0n) is 7.68. The summed E-state index contributed by atoms with van der Waals surface area (Å²) in [5.41, 5.74) is 7.46. The highest BCUT2D eigenvalue weighted by Crippen LogP contribution is 2.26. The highest BCUT2D eigenvalue weighted by atomic mass is 35.5. The van der Waals surface area contributed by atoms with Crippen LogP contribution in [0.25, 0.3) is 0 Å². The van der Waals surface area contributed by atoms with E-state index in [1.165, 1.54) is 11.5 Å². The number of nitrogens with two attached hydrogens (primary N) is 1. The van der Waals surface area contributed by atoms with Crippen LogP contribution >= 0.6 is 34.9 Å². The maximum atomic E-state index is 5.83. The van der Waals surface area contributed by atoms with Crippen LogP contribution < -0.4 is 5.73 Å². The van der Waals surface area contributed by atoms with Gasteiger partial charge in [-0.3, -0.25) is 0 Å². The van der Waals surface area contributed by atoms with E-state index < -0.39 is 0 Å². The first-order valence-electron chi connectivity index (χ1n) is 4.19. The summed E-state index contributed by atoms with van der Waals surface area (Å²) >= 11 is 8.86. The zero-order valence-corrected chi connectivity index (χ0v) is 10.1. The summed E-state index contributed by atoms with van der Waals surface area (Å²) in [6, 6.07) is 5.66. The molecule has 2 N–H and O–H groups in total. The van der Waals surface area contributed by atoms with Gasteiger partial charge >= 0.3 is 0 Å². The van der Waals surface area contributed by atoms with Crippen molar-refractivity contribution in [2.75, 3.05) is 5.73 Å². The number of thioether (sulfide) groups is 1. The Morgan fingerprint density at radius 3 is 3.00 bits per heavy atom. The van der Waals surface area contributed by atoms with Crippen LogP contribution in [0, 0.1) is 0 Å². The predicted molar refractivity (Wildman–Crippen MR) is 65.3 cm³/mol. The first-order chi connectivity index (χ1) is 7.25. The van der Waals surface area contributed by atoms with Gasteiger partial charge in [-0.1, -0.05) is 29.4 Å². The Balaban J connectivity index is 2.02. The van der Waals surface area contributed by atoms with Crippen LogP contribution in [0.3, 0.4) is 0 Å². The second kappa shape index (κ2) is 4.83. The minimum Gasteiger partial charge on any atom is -0.398 e. The zero-order chi connectivity index (χ0) is 10.7. The molecule has 2 rings (SSSR count). The van der Waals surface area contributed by atoms with E-state index in [0.717, 1.165) is 15.7 Å². The van der Waals surface area contributed by atoms with E-state index in [1.807, 2.05) is 18.2 Å². The summed E-state index contributed by atoms with van der Waals surface area (Å²) in [6.45, 7) is 0. The normalized spacial score (nSPS) is 10.5. The van der Waals surface area contributed by atoms with E-state index in [9.17, 15) is 0 Å². The van der Waals surface area contributed by atoms with Crippen molar-refractivity contribution in [3.05, 3.63) is 35.1 Å². The van der Waals surface area contributed by atoms with Crippen molar-refractivity contribution in [2.45, 2.75) is 10.1 Å². The van der Waals surface area contributed by atoms with E-state index in [2.05, 4.69) is 9.36 Å². The fourth-order valence-corrected chi connectivity index (χ4v) is 2.56. The topological polar surface area (TPSA) is 51.8 Å². The van der Waals surface area contributed by atoms with E-state index in [0.29, 0.717) is 10.7 Å².